The molecule has 0 aliphatic rings. The third-order valence-electron chi connectivity index (χ3n) is 2.62. The van der Waals surface area contributed by atoms with Gasteiger partial charge in [0.2, 0.25) is 0 Å². The van der Waals surface area contributed by atoms with Crippen molar-refractivity contribution in [3.05, 3.63) is 51.9 Å². The van der Waals surface area contributed by atoms with Gasteiger partial charge in [-0.15, -0.1) is 11.3 Å². The van der Waals surface area contributed by atoms with E-state index in [0.717, 1.165) is 17.4 Å². The van der Waals surface area contributed by atoms with Gasteiger partial charge in [-0.3, -0.25) is 4.79 Å². The van der Waals surface area contributed by atoms with E-state index in [1.807, 2.05) is 0 Å². The summed E-state index contributed by atoms with van der Waals surface area (Å²) in [5, 5.41) is 12.8. The summed E-state index contributed by atoms with van der Waals surface area (Å²) < 4.78 is 26.7. The number of benzene rings is 1. The standard InChI is InChI=1S/C13H9F2NO3S/c1-6-4-8(10(15)5-9(6)14)11(17)16-12-7(13(18)19)2-3-20-12/h2-5H,1H3,(H,16,17)(H,18,19). The van der Waals surface area contributed by atoms with Gasteiger partial charge in [-0.05, 0) is 30.0 Å². The van der Waals surface area contributed by atoms with Crippen molar-refractivity contribution in [1.29, 1.82) is 0 Å². The number of amides is 1. The normalized spacial score (nSPS) is 10.3. The zero-order chi connectivity index (χ0) is 14.9. The highest BCUT2D eigenvalue weighted by Gasteiger charge is 2.18. The van der Waals surface area contributed by atoms with Gasteiger partial charge in [-0.1, -0.05) is 0 Å². The molecular formula is C13H9F2NO3S. The highest BCUT2D eigenvalue weighted by Crippen LogP contribution is 2.24. The van der Waals surface area contributed by atoms with Gasteiger partial charge in [0.15, 0.2) is 0 Å². The first kappa shape index (κ1) is 14.1. The molecule has 0 unspecified atom stereocenters. The number of hydrogen-bond donors (Lipinski definition) is 2. The second-order valence-corrected chi connectivity index (χ2v) is 4.92. The summed E-state index contributed by atoms with van der Waals surface area (Å²) in [5.41, 5.74) is -0.294. The third kappa shape index (κ3) is 2.67. The predicted octanol–water partition coefficient (Wildman–Crippen LogP) is 3.29. The molecule has 1 aromatic carbocycles. The zero-order valence-electron chi connectivity index (χ0n) is 10.2. The Hall–Kier alpha value is -2.28. The quantitative estimate of drug-likeness (QED) is 0.913. The number of thiophene rings is 1. The van der Waals surface area contributed by atoms with E-state index < -0.39 is 23.5 Å². The van der Waals surface area contributed by atoms with E-state index in [2.05, 4.69) is 5.32 Å². The summed E-state index contributed by atoms with van der Waals surface area (Å²) in [6.07, 6.45) is 0. The molecule has 2 N–H and O–H groups in total. The van der Waals surface area contributed by atoms with Crippen LogP contribution in [0.15, 0.2) is 23.6 Å². The number of carbonyl (C=O) groups excluding carboxylic acids is 1. The first-order chi connectivity index (χ1) is 9.40. The van der Waals surface area contributed by atoms with Crippen LogP contribution in [0.2, 0.25) is 0 Å². The van der Waals surface area contributed by atoms with E-state index in [-0.39, 0.29) is 21.7 Å². The number of halogens is 2. The minimum Gasteiger partial charge on any atom is -0.478 e. The molecule has 2 rings (SSSR count). The van der Waals surface area contributed by atoms with Crippen LogP contribution in [0, 0.1) is 18.6 Å². The van der Waals surface area contributed by atoms with Crippen LogP contribution in [0.3, 0.4) is 0 Å². The number of carboxylic acid groups (broad SMARTS) is 1. The van der Waals surface area contributed by atoms with E-state index in [1.165, 1.54) is 18.4 Å². The maximum atomic E-state index is 13.6. The van der Waals surface area contributed by atoms with E-state index in [0.29, 0.717) is 6.07 Å². The highest BCUT2D eigenvalue weighted by atomic mass is 32.1. The van der Waals surface area contributed by atoms with Crippen LogP contribution in [-0.2, 0) is 0 Å². The van der Waals surface area contributed by atoms with E-state index in [1.54, 1.807) is 0 Å². The third-order valence-corrected chi connectivity index (χ3v) is 3.45. The van der Waals surface area contributed by atoms with Crippen molar-refractivity contribution >= 4 is 28.2 Å². The average molecular weight is 297 g/mol. The van der Waals surface area contributed by atoms with Crippen molar-refractivity contribution in [3.8, 4) is 0 Å². The van der Waals surface area contributed by atoms with Crippen LogP contribution in [0.5, 0.6) is 0 Å². The van der Waals surface area contributed by atoms with Crippen LogP contribution in [0.4, 0.5) is 13.8 Å². The number of rotatable bonds is 3. The number of aromatic carboxylic acids is 1. The lowest BCUT2D eigenvalue weighted by atomic mass is 10.1. The fourth-order valence-electron chi connectivity index (χ4n) is 1.58. The Morgan fingerprint density at radius 3 is 2.55 bits per heavy atom. The first-order valence-electron chi connectivity index (χ1n) is 5.48. The Labute approximate surface area is 116 Å². The van der Waals surface area contributed by atoms with E-state index >= 15 is 0 Å². The second-order valence-electron chi connectivity index (χ2n) is 4.00. The van der Waals surface area contributed by atoms with Crippen LogP contribution >= 0.6 is 11.3 Å². The molecular weight excluding hydrogens is 288 g/mol. The first-order valence-corrected chi connectivity index (χ1v) is 6.36. The lowest BCUT2D eigenvalue weighted by Gasteiger charge is -2.07. The number of carboxylic acids is 1. The molecule has 7 heteroatoms. The van der Waals surface area contributed by atoms with Crippen LogP contribution in [-0.4, -0.2) is 17.0 Å². The maximum Gasteiger partial charge on any atom is 0.338 e. The minimum atomic E-state index is -1.20. The second kappa shape index (κ2) is 5.38. The topological polar surface area (TPSA) is 66.4 Å². The van der Waals surface area contributed by atoms with Gasteiger partial charge in [0.1, 0.15) is 16.6 Å². The summed E-state index contributed by atoms with van der Waals surface area (Å²) in [7, 11) is 0. The van der Waals surface area contributed by atoms with Gasteiger partial charge in [0.05, 0.1) is 11.1 Å². The Morgan fingerprint density at radius 2 is 1.90 bits per heavy atom. The number of anilines is 1. The van der Waals surface area contributed by atoms with Gasteiger partial charge in [0.25, 0.3) is 5.91 Å². The average Bonchev–Trinajstić information content (AvgIpc) is 2.81. The minimum absolute atomic E-state index is 0.0809. The Kier molecular flexibility index (Phi) is 3.80. The molecule has 1 aromatic heterocycles. The summed E-state index contributed by atoms with van der Waals surface area (Å²) in [6, 6.07) is 3.03. The molecule has 20 heavy (non-hydrogen) atoms. The number of carbonyl (C=O) groups is 2. The van der Waals surface area contributed by atoms with Crippen molar-refractivity contribution in [2.24, 2.45) is 0 Å². The van der Waals surface area contributed by atoms with Gasteiger partial charge < -0.3 is 10.4 Å². The fraction of sp³-hybridized carbons (Fsp3) is 0.0769. The van der Waals surface area contributed by atoms with Gasteiger partial charge in [0, 0.05) is 6.07 Å². The zero-order valence-corrected chi connectivity index (χ0v) is 11.1. The van der Waals surface area contributed by atoms with Gasteiger partial charge >= 0.3 is 5.97 Å². The molecule has 4 nitrogen and oxygen atoms in total. The monoisotopic (exact) mass is 297 g/mol. The summed E-state index contributed by atoms with van der Waals surface area (Å²) in [5.74, 6) is -3.77. The molecule has 0 saturated heterocycles. The molecule has 0 fully saturated rings. The number of nitrogens with one attached hydrogen (secondary N) is 1. The smallest absolute Gasteiger partial charge is 0.338 e. The largest absolute Gasteiger partial charge is 0.478 e. The Balaban J connectivity index is 2.31. The predicted molar refractivity (Wildman–Crippen MR) is 70.3 cm³/mol. The van der Waals surface area contributed by atoms with E-state index in [9.17, 15) is 18.4 Å². The summed E-state index contributed by atoms with van der Waals surface area (Å²) in [4.78, 5) is 22.8. The molecule has 0 aliphatic carbocycles. The molecule has 104 valence electrons. The molecule has 0 atom stereocenters. The van der Waals surface area contributed by atoms with E-state index in [4.69, 9.17) is 5.11 Å². The molecule has 0 saturated carbocycles. The van der Waals surface area contributed by atoms with Crippen molar-refractivity contribution in [3.63, 3.8) is 0 Å². The number of hydrogen-bond acceptors (Lipinski definition) is 3. The molecule has 0 radical (unpaired) electrons. The molecule has 0 bridgehead atoms. The summed E-state index contributed by atoms with van der Waals surface area (Å²) >= 11 is 1.00. The van der Waals surface area contributed by atoms with Gasteiger partial charge in [-0.2, -0.15) is 0 Å². The molecule has 1 heterocycles. The van der Waals surface area contributed by atoms with Crippen molar-refractivity contribution in [2.75, 3.05) is 5.32 Å². The highest BCUT2D eigenvalue weighted by molar-refractivity contribution is 7.14. The summed E-state index contributed by atoms with van der Waals surface area (Å²) in [6.45, 7) is 1.40. The van der Waals surface area contributed by atoms with Crippen molar-refractivity contribution in [1.82, 2.24) is 0 Å². The Bertz CT molecular complexity index is 697. The van der Waals surface area contributed by atoms with Crippen molar-refractivity contribution in [2.45, 2.75) is 6.92 Å². The van der Waals surface area contributed by atoms with Crippen molar-refractivity contribution < 1.29 is 23.5 Å². The maximum absolute atomic E-state index is 13.6. The fourth-order valence-corrected chi connectivity index (χ4v) is 2.35. The molecule has 1 amide bonds. The van der Waals surface area contributed by atoms with Crippen LogP contribution < -0.4 is 5.32 Å². The number of aryl methyl sites for hydroxylation is 1. The molecule has 0 spiro atoms. The van der Waals surface area contributed by atoms with Gasteiger partial charge in [-0.25, -0.2) is 13.6 Å². The Morgan fingerprint density at radius 1 is 1.20 bits per heavy atom. The van der Waals surface area contributed by atoms with Crippen LogP contribution in [0.1, 0.15) is 26.3 Å². The molecule has 0 aliphatic heterocycles. The lowest BCUT2D eigenvalue weighted by Crippen LogP contribution is -2.15. The van der Waals surface area contributed by atoms with Crippen LogP contribution in [0.25, 0.3) is 0 Å². The lowest BCUT2D eigenvalue weighted by molar-refractivity contribution is 0.0698. The SMILES string of the molecule is Cc1cc(C(=O)Nc2sccc2C(=O)O)c(F)cc1F. The molecule has 2 aromatic rings.